The third-order valence-corrected chi connectivity index (χ3v) is 8.20. The summed E-state index contributed by atoms with van der Waals surface area (Å²) in [6.07, 6.45) is 2.58. The molecule has 3 saturated heterocycles. The van der Waals surface area contributed by atoms with E-state index in [1.54, 1.807) is 0 Å². The number of alkyl halides is 3. The van der Waals surface area contributed by atoms with Crippen LogP contribution in [-0.4, -0.2) is 63.8 Å². The maximum absolute atomic E-state index is 13.3. The van der Waals surface area contributed by atoms with Crippen LogP contribution < -0.4 is 5.32 Å². The minimum absolute atomic E-state index is 0.0000976. The highest BCUT2D eigenvalue weighted by Gasteiger charge is 2.43. The van der Waals surface area contributed by atoms with E-state index in [0.29, 0.717) is 12.5 Å². The van der Waals surface area contributed by atoms with Gasteiger partial charge in [0.05, 0.1) is 16.6 Å². The molecule has 0 saturated carbocycles. The maximum atomic E-state index is 13.3. The van der Waals surface area contributed by atoms with Crippen molar-refractivity contribution in [3.05, 3.63) is 71.8 Å². The Morgan fingerprint density at radius 2 is 1.88 bits per heavy atom. The predicted octanol–water partition coefficient (Wildman–Crippen LogP) is 5.84. The summed E-state index contributed by atoms with van der Waals surface area (Å²) in [4.78, 5) is 22.9. The number of imidazole rings is 1. The lowest BCUT2D eigenvalue weighted by molar-refractivity contribution is -0.137. The van der Waals surface area contributed by atoms with Crippen molar-refractivity contribution in [2.45, 2.75) is 63.2 Å². The Hall–Kier alpha value is -3.21. The molecule has 1 amide bonds. The molecule has 3 aliphatic heterocycles. The summed E-state index contributed by atoms with van der Waals surface area (Å²) >= 11 is 0. The van der Waals surface area contributed by atoms with Crippen molar-refractivity contribution >= 4 is 22.9 Å². The number of ether oxygens (including phenoxy) is 1. The lowest BCUT2D eigenvalue weighted by atomic mass is 10.1. The molecule has 3 aliphatic rings. The number of hydrogen-bond acceptors (Lipinski definition) is 5. The van der Waals surface area contributed by atoms with Crippen LogP contribution in [0.25, 0.3) is 11.0 Å². The van der Waals surface area contributed by atoms with Gasteiger partial charge in [0, 0.05) is 31.2 Å². The van der Waals surface area contributed by atoms with Gasteiger partial charge in [0.15, 0.2) is 0 Å². The summed E-state index contributed by atoms with van der Waals surface area (Å²) in [5, 5.41) is 2.88. The second-order valence-corrected chi connectivity index (χ2v) is 11.0. The van der Waals surface area contributed by atoms with E-state index in [1.807, 2.05) is 18.2 Å². The van der Waals surface area contributed by atoms with E-state index in [1.165, 1.54) is 25.0 Å². The summed E-state index contributed by atoms with van der Waals surface area (Å²) in [6, 6.07) is 10.5. The maximum Gasteiger partial charge on any atom is 0.416 e. The molecule has 0 aliphatic carbocycles. The van der Waals surface area contributed by atoms with Crippen molar-refractivity contribution in [3.8, 4) is 0 Å². The van der Waals surface area contributed by atoms with Crippen molar-refractivity contribution in [3.63, 3.8) is 0 Å². The standard InChI is InChI=1S/C30H34F3N5O2/c1-2-25-28(40-25)37-16-4-3-12-23(19-37)38-26-21(18-36-14-5-6-15-36)10-8-13-24(26)34-29(38)35-27(39)20-9-7-11-22(17-20)30(31,32)33/h2,7-11,13,17,23,25,28H,1,3-6,12,14-16,18-19H2,(H,34,35,39). The lowest BCUT2D eigenvalue weighted by Crippen LogP contribution is -2.34. The molecule has 2 aromatic carbocycles. The molecule has 3 unspecified atom stereocenters. The summed E-state index contributed by atoms with van der Waals surface area (Å²) in [7, 11) is 0. The number of amides is 1. The summed E-state index contributed by atoms with van der Waals surface area (Å²) < 4.78 is 48.0. The molecular weight excluding hydrogens is 519 g/mol. The molecule has 4 heterocycles. The van der Waals surface area contributed by atoms with Gasteiger partial charge in [-0.25, -0.2) is 4.98 Å². The van der Waals surface area contributed by atoms with Gasteiger partial charge in [-0.2, -0.15) is 13.2 Å². The number of carbonyl (C=O) groups is 1. The minimum atomic E-state index is -4.54. The van der Waals surface area contributed by atoms with Gasteiger partial charge in [0.25, 0.3) is 5.91 Å². The fourth-order valence-corrected chi connectivity index (χ4v) is 6.15. The van der Waals surface area contributed by atoms with Gasteiger partial charge in [-0.3, -0.25) is 19.9 Å². The molecule has 10 heteroatoms. The van der Waals surface area contributed by atoms with E-state index >= 15 is 0 Å². The van der Waals surface area contributed by atoms with Gasteiger partial charge >= 0.3 is 6.18 Å². The average molecular weight is 554 g/mol. The van der Waals surface area contributed by atoms with Gasteiger partial charge in [-0.05, 0) is 68.6 Å². The van der Waals surface area contributed by atoms with E-state index in [2.05, 4.69) is 32.3 Å². The number of epoxide rings is 1. The van der Waals surface area contributed by atoms with Crippen molar-refractivity contribution in [2.24, 2.45) is 0 Å². The smallest absolute Gasteiger partial charge is 0.349 e. The topological polar surface area (TPSA) is 65.9 Å². The molecule has 1 aromatic heterocycles. The SMILES string of the molecule is C=CC1OC1N1CCCCC(n2c(NC(=O)c3cccc(C(F)(F)F)c3)nc3cccc(CN4CCCC4)c32)C1. The number of nitrogens with one attached hydrogen (secondary N) is 1. The van der Waals surface area contributed by atoms with E-state index in [9.17, 15) is 18.0 Å². The molecule has 3 atom stereocenters. The van der Waals surface area contributed by atoms with Gasteiger partial charge in [-0.1, -0.05) is 30.7 Å². The highest BCUT2D eigenvalue weighted by atomic mass is 19.4. The molecule has 1 N–H and O–H groups in total. The van der Waals surface area contributed by atoms with Crippen LogP contribution in [0.1, 0.15) is 59.6 Å². The van der Waals surface area contributed by atoms with Crippen LogP contribution in [0.4, 0.5) is 19.1 Å². The van der Waals surface area contributed by atoms with Crippen molar-refractivity contribution < 1.29 is 22.7 Å². The normalized spacial score (nSPS) is 24.2. The van der Waals surface area contributed by atoms with Gasteiger partial charge < -0.3 is 9.30 Å². The number of carbonyl (C=O) groups excluding carboxylic acids is 1. The summed E-state index contributed by atoms with van der Waals surface area (Å²) in [5.74, 6) is -0.262. The number of anilines is 1. The van der Waals surface area contributed by atoms with Crippen LogP contribution in [-0.2, 0) is 17.5 Å². The zero-order valence-corrected chi connectivity index (χ0v) is 22.4. The van der Waals surface area contributed by atoms with E-state index in [-0.39, 0.29) is 23.9 Å². The van der Waals surface area contributed by atoms with Crippen LogP contribution in [0, 0.1) is 0 Å². The van der Waals surface area contributed by atoms with Crippen LogP contribution in [0.5, 0.6) is 0 Å². The molecule has 0 spiro atoms. The number of benzene rings is 2. The zero-order chi connectivity index (χ0) is 27.9. The van der Waals surface area contributed by atoms with E-state index in [0.717, 1.165) is 74.2 Å². The number of nitrogens with zero attached hydrogens (tertiary/aromatic N) is 4. The van der Waals surface area contributed by atoms with Crippen molar-refractivity contribution in [1.82, 2.24) is 19.4 Å². The molecule has 0 bridgehead atoms. The molecule has 212 valence electrons. The van der Waals surface area contributed by atoms with Crippen LogP contribution in [0.15, 0.2) is 55.1 Å². The first-order chi connectivity index (χ1) is 19.3. The van der Waals surface area contributed by atoms with Crippen LogP contribution in [0.3, 0.4) is 0 Å². The Morgan fingerprint density at radius 1 is 1.10 bits per heavy atom. The van der Waals surface area contributed by atoms with Gasteiger partial charge in [0.2, 0.25) is 5.95 Å². The zero-order valence-electron chi connectivity index (χ0n) is 22.4. The number of fused-ring (bicyclic) bond motifs is 1. The lowest BCUT2D eigenvalue weighted by Gasteiger charge is -2.26. The third-order valence-electron chi connectivity index (χ3n) is 8.20. The average Bonchev–Trinajstić information content (AvgIpc) is 3.48. The number of likely N-dealkylation sites (tertiary alicyclic amines) is 2. The van der Waals surface area contributed by atoms with Gasteiger partial charge in [0.1, 0.15) is 12.3 Å². The molecule has 6 rings (SSSR count). The van der Waals surface area contributed by atoms with Crippen molar-refractivity contribution in [1.29, 1.82) is 0 Å². The number of hydrogen-bond donors (Lipinski definition) is 1. The van der Waals surface area contributed by atoms with E-state index in [4.69, 9.17) is 9.72 Å². The first-order valence-corrected chi connectivity index (χ1v) is 14.0. The fraction of sp³-hybridized carbons (Fsp3) is 0.467. The number of halogens is 3. The fourth-order valence-electron chi connectivity index (χ4n) is 6.15. The monoisotopic (exact) mass is 553 g/mol. The van der Waals surface area contributed by atoms with Crippen LogP contribution in [0.2, 0.25) is 0 Å². The Kier molecular flexibility index (Phi) is 7.41. The third kappa shape index (κ3) is 5.53. The molecular formula is C30H34F3N5O2. The Bertz CT molecular complexity index is 1400. The Labute approximate surface area is 231 Å². The Balaban J connectivity index is 1.39. The molecule has 7 nitrogen and oxygen atoms in total. The molecule has 0 radical (unpaired) electrons. The highest BCUT2D eigenvalue weighted by molar-refractivity contribution is 6.04. The first-order valence-electron chi connectivity index (χ1n) is 14.0. The molecule has 40 heavy (non-hydrogen) atoms. The van der Waals surface area contributed by atoms with Gasteiger partial charge in [-0.15, -0.1) is 6.58 Å². The second-order valence-electron chi connectivity index (χ2n) is 11.0. The largest absolute Gasteiger partial charge is 0.416 e. The summed E-state index contributed by atoms with van der Waals surface area (Å²) in [5.41, 5.74) is 1.94. The van der Waals surface area contributed by atoms with E-state index < -0.39 is 17.6 Å². The predicted molar refractivity (Wildman–Crippen MR) is 147 cm³/mol. The minimum Gasteiger partial charge on any atom is -0.349 e. The highest BCUT2D eigenvalue weighted by Crippen LogP contribution is 2.36. The van der Waals surface area contributed by atoms with Crippen molar-refractivity contribution in [2.75, 3.05) is 31.5 Å². The molecule has 3 aromatic rings. The molecule has 3 fully saturated rings. The van der Waals surface area contributed by atoms with Crippen LogP contribution >= 0.6 is 0 Å². The summed E-state index contributed by atoms with van der Waals surface area (Å²) in [6.45, 7) is 8.36. The quantitative estimate of drug-likeness (QED) is 0.294. The number of para-hydroxylation sites is 1. The number of aromatic nitrogens is 2. The Morgan fingerprint density at radius 3 is 2.62 bits per heavy atom. The first kappa shape index (κ1) is 27.0. The number of rotatable bonds is 7. The second kappa shape index (κ2) is 11.0.